The van der Waals surface area contributed by atoms with Gasteiger partial charge in [0.1, 0.15) is 37.6 Å². The van der Waals surface area contributed by atoms with Gasteiger partial charge in [0.15, 0.2) is 67.7 Å². The zero-order valence-electron chi connectivity index (χ0n) is 36.4. The van der Waals surface area contributed by atoms with Crippen molar-refractivity contribution in [3.63, 3.8) is 0 Å². The lowest BCUT2D eigenvalue weighted by Gasteiger charge is -2.48. The van der Waals surface area contributed by atoms with Crippen LogP contribution in [0.3, 0.4) is 0 Å². The van der Waals surface area contributed by atoms with E-state index in [1.807, 2.05) is 0 Å². The minimum Gasteiger partial charge on any atom is -0.463 e. The second kappa shape index (κ2) is 23.9. The Morgan fingerprint density at radius 2 is 0.797 bits per heavy atom. The highest BCUT2D eigenvalue weighted by Gasteiger charge is 2.58. The van der Waals surface area contributed by atoms with Gasteiger partial charge in [-0.2, -0.15) is 0 Å². The Morgan fingerprint density at radius 3 is 1.25 bits per heavy atom. The van der Waals surface area contributed by atoms with Crippen molar-refractivity contribution in [2.75, 3.05) is 19.8 Å². The molecule has 0 spiro atoms. The van der Waals surface area contributed by atoms with E-state index in [2.05, 4.69) is 0 Å². The maximum atomic E-state index is 12.8. The van der Waals surface area contributed by atoms with Gasteiger partial charge >= 0.3 is 59.7 Å². The summed E-state index contributed by atoms with van der Waals surface area (Å²) in [7, 11) is 0. The molecule has 360 valence electrons. The summed E-state index contributed by atoms with van der Waals surface area (Å²) in [6.45, 7) is 7.70. The Kier molecular flexibility index (Phi) is 19.8. The molecular formula is C38H52O26. The normalized spacial score (nSPS) is 31.4. The van der Waals surface area contributed by atoms with Crippen LogP contribution >= 0.6 is 0 Å². The fraction of sp³-hybridized carbons (Fsp3) is 0.737. The van der Waals surface area contributed by atoms with Crippen LogP contribution in [0.25, 0.3) is 0 Å². The van der Waals surface area contributed by atoms with Gasteiger partial charge in [-0.25, -0.2) is 0 Å². The highest BCUT2D eigenvalue weighted by molar-refractivity contribution is 5.70. The first-order chi connectivity index (χ1) is 29.9. The Bertz CT molecular complexity index is 1730. The van der Waals surface area contributed by atoms with Crippen LogP contribution in [0.15, 0.2) is 0 Å². The number of hydrogen-bond acceptors (Lipinski definition) is 26. The number of esters is 10. The van der Waals surface area contributed by atoms with Crippen LogP contribution in [0.2, 0.25) is 0 Å². The highest BCUT2D eigenvalue weighted by Crippen LogP contribution is 2.36. The lowest BCUT2D eigenvalue weighted by atomic mass is 9.96. The van der Waals surface area contributed by atoms with Crippen LogP contribution in [0.5, 0.6) is 0 Å². The van der Waals surface area contributed by atoms with Crippen molar-refractivity contribution in [3.05, 3.63) is 0 Å². The van der Waals surface area contributed by atoms with Crippen LogP contribution in [0, 0.1) is 0 Å². The van der Waals surface area contributed by atoms with Gasteiger partial charge in [0.25, 0.3) is 0 Å². The Balaban J connectivity index is 2.17. The Morgan fingerprint density at radius 1 is 0.422 bits per heavy atom. The van der Waals surface area contributed by atoms with E-state index in [0.717, 1.165) is 69.2 Å². The van der Waals surface area contributed by atoms with Gasteiger partial charge in [-0.3, -0.25) is 47.9 Å². The molecule has 9 unspecified atom stereocenters. The van der Waals surface area contributed by atoms with Crippen molar-refractivity contribution in [2.45, 2.75) is 161 Å². The van der Waals surface area contributed by atoms with E-state index in [1.165, 1.54) is 0 Å². The number of hydrogen-bond donors (Lipinski definition) is 1. The lowest BCUT2D eigenvalue weighted by molar-refractivity contribution is -0.362. The van der Waals surface area contributed by atoms with Crippen LogP contribution < -0.4 is 0 Å². The molecule has 26 heteroatoms. The van der Waals surface area contributed by atoms with Crippen LogP contribution in [-0.2, 0) is 119 Å². The van der Waals surface area contributed by atoms with Gasteiger partial charge in [0.05, 0.1) is 6.61 Å². The van der Waals surface area contributed by atoms with Crippen molar-refractivity contribution in [2.24, 2.45) is 0 Å². The molecule has 15 atom stereocenters. The molecule has 1 N–H and O–H groups in total. The average molecular weight is 925 g/mol. The molecule has 26 nitrogen and oxygen atoms in total. The minimum atomic E-state index is -1.95. The number of carbonyl (C=O) groups excluding carboxylic acids is 10. The smallest absolute Gasteiger partial charge is 0.303 e. The molecule has 3 saturated heterocycles. The first-order valence-electron chi connectivity index (χ1n) is 19.4. The first kappa shape index (κ1) is 52.8. The van der Waals surface area contributed by atoms with Gasteiger partial charge in [0, 0.05) is 69.2 Å². The van der Waals surface area contributed by atoms with E-state index < -0.39 is 172 Å². The summed E-state index contributed by atoms with van der Waals surface area (Å²) in [6.07, 6.45) is -26.1. The largest absolute Gasteiger partial charge is 0.463 e. The zero-order valence-corrected chi connectivity index (χ0v) is 36.4. The fourth-order valence-electron chi connectivity index (χ4n) is 6.81. The molecule has 3 rings (SSSR count). The number of carbonyl (C=O) groups is 10. The maximum Gasteiger partial charge on any atom is 0.303 e. The van der Waals surface area contributed by atoms with E-state index in [0.29, 0.717) is 0 Å². The van der Waals surface area contributed by atoms with Gasteiger partial charge in [-0.1, -0.05) is 0 Å². The summed E-state index contributed by atoms with van der Waals surface area (Å²) in [5, 5.41) is 10.6. The molecule has 0 bridgehead atoms. The molecule has 0 amide bonds. The molecule has 3 aliphatic heterocycles. The first-order valence-corrected chi connectivity index (χ1v) is 19.4. The van der Waals surface area contributed by atoms with E-state index >= 15 is 0 Å². The molecule has 0 saturated carbocycles. The molecule has 3 fully saturated rings. The summed E-state index contributed by atoms with van der Waals surface area (Å²) in [5.74, 6) is -9.42. The van der Waals surface area contributed by atoms with Crippen molar-refractivity contribution in [1.29, 1.82) is 0 Å². The standard InChI is InChI=1S/C38H52O26/c1-14(39)50-11-25-27(54-17(4)42)31(56-19(6)44)35(60-23(10)48)38(62-25)64-29-26(12-51-15(2)40)61-37(34(59-22(9)47)32(29)57-20(7)45)52-13-24(53-16(3)41)28-30(55-18(5)43)33(36(49)63-28)58-21(8)46/h24-38,49H,11-13H2,1-10H3/t24?,25?,26?,27-,28+,29-,30?,31?,32?,33?,34?,35?,36-,37-,38+/m1/s1. The topological polar surface area (TPSA) is 329 Å². The summed E-state index contributed by atoms with van der Waals surface area (Å²) in [6, 6.07) is 0. The summed E-state index contributed by atoms with van der Waals surface area (Å²) < 4.78 is 83.7. The maximum absolute atomic E-state index is 12.8. The third-order valence-corrected chi connectivity index (χ3v) is 8.82. The molecule has 0 aromatic rings. The fourth-order valence-corrected chi connectivity index (χ4v) is 6.81. The van der Waals surface area contributed by atoms with Gasteiger partial charge in [-0.15, -0.1) is 0 Å². The highest BCUT2D eigenvalue weighted by atomic mass is 16.8. The van der Waals surface area contributed by atoms with Crippen LogP contribution in [0.1, 0.15) is 69.2 Å². The van der Waals surface area contributed by atoms with E-state index in [9.17, 15) is 53.1 Å². The lowest BCUT2D eigenvalue weighted by Crippen LogP contribution is -2.67. The average Bonchev–Trinajstić information content (AvgIpc) is 3.44. The molecule has 0 radical (unpaired) electrons. The SMILES string of the molecule is CC(=O)OCC1O[C@@H](O[C@@H]2C(COC(C)=O)O[C@@H](OCC(OC(C)=O)[C@@H]3O[C@@H](O)C(OC(C)=O)C3OC(C)=O)C(OC(C)=O)C2OC(C)=O)C(OC(C)=O)C(OC(C)=O)[C@@H]1OC(C)=O. The second-order valence-electron chi connectivity index (χ2n) is 14.3. The van der Waals surface area contributed by atoms with E-state index in [4.69, 9.17) is 71.1 Å². The molecule has 64 heavy (non-hydrogen) atoms. The number of aliphatic hydroxyl groups is 1. The van der Waals surface area contributed by atoms with Crippen molar-refractivity contribution < 1.29 is 124 Å². The summed E-state index contributed by atoms with van der Waals surface area (Å²) in [4.78, 5) is 123. The van der Waals surface area contributed by atoms with Gasteiger partial charge < -0.3 is 76.2 Å². The Labute approximate surface area is 364 Å². The van der Waals surface area contributed by atoms with E-state index in [1.54, 1.807) is 0 Å². The zero-order chi connectivity index (χ0) is 48.2. The molecule has 3 heterocycles. The predicted octanol–water partition coefficient (Wildman–Crippen LogP) is -1.86. The quantitative estimate of drug-likeness (QED) is 0.116. The van der Waals surface area contributed by atoms with Gasteiger partial charge in [0.2, 0.25) is 0 Å². The number of aliphatic hydroxyl groups excluding tert-OH is 1. The molecule has 0 aromatic carbocycles. The molecule has 0 aromatic heterocycles. The molecule has 3 aliphatic rings. The Hall–Kier alpha value is -5.54. The third kappa shape index (κ3) is 15.6. The summed E-state index contributed by atoms with van der Waals surface area (Å²) >= 11 is 0. The number of ether oxygens (including phenoxy) is 15. The molecule has 0 aliphatic carbocycles. The van der Waals surface area contributed by atoms with Crippen molar-refractivity contribution in [1.82, 2.24) is 0 Å². The van der Waals surface area contributed by atoms with Crippen molar-refractivity contribution in [3.8, 4) is 0 Å². The minimum absolute atomic E-state index is 0.666. The second-order valence-corrected chi connectivity index (χ2v) is 14.3. The van der Waals surface area contributed by atoms with Crippen molar-refractivity contribution >= 4 is 59.7 Å². The van der Waals surface area contributed by atoms with Gasteiger partial charge in [-0.05, 0) is 0 Å². The number of rotatable bonds is 18. The molecular weight excluding hydrogens is 872 g/mol. The monoisotopic (exact) mass is 924 g/mol. The van der Waals surface area contributed by atoms with Crippen LogP contribution in [0.4, 0.5) is 0 Å². The third-order valence-electron chi connectivity index (χ3n) is 8.82. The predicted molar refractivity (Wildman–Crippen MR) is 197 cm³/mol. The van der Waals surface area contributed by atoms with Crippen LogP contribution in [-0.4, -0.2) is 177 Å². The van der Waals surface area contributed by atoms with E-state index in [-0.39, 0.29) is 0 Å². The summed E-state index contributed by atoms with van der Waals surface area (Å²) in [5.41, 5.74) is 0.